The number of carbonyl (C=O) groups is 1. The van der Waals surface area contributed by atoms with E-state index in [1.54, 1.807) is 0 Å². The van der Waals surface area contributed by atoms with Gasteiger partial charge in [0.25, 0.3) is 5.91 Å². The lowest BCUT2D eigenvalue weighted by Crippen LogP contribution is -2.44. The second-order valence-corrected chi connectivity index (χ2v) is 7.52. The van der Waals surface area contributed by atoms with Crippen LogP contribution in [0.5, 0.6) is 5.75 Å². The molecular formula is C23H31N3O2. The topological polar surface area (TPSA) is 44.8 Å². The van der Waals surface area contributed by atoms with Gasteiger partial charge >= 0.3 is 0 Å². The van der Waals surface area contributed by atoms with Crippen LogP contribution in [0.1, 0.15) is 31.7 Å². The van der Waals surface area contributed by atoms with Gasteiger partial charge in [-0.05, 0) is 55.3 Å². The molecule has 0 aromatic heterocycles. The number of rotatable bonds is 7. The summed E-state index contributed by atoms with van der Waals surface area (Å²) in [6.45, 7) is 8.55. The van der Waals surface area contributed by atoms with Crippen molar-refractivity contribution in [2.45, 2.75) is 26.2 Å². The minimum atomic E-state index is -0.147. The molecule has 2 aromatic rings. The molecule has 1 aliphatic rings. The SMILES string of the molecule is CCC(C)c1ccccc1OCC(=O)Nc1ccc(N2CCN(C)CC2)cc1. The normalized spacial score (nSPS) is 15.9. The number of hydrogen-bond donors (Lipinski definition) is 1. The molecule has 1 amide bonds. The molecule has 5 heteroatoms. The third kappa shape index (κ3) is 5.26. The molecule has 2 aromatic carbocycles. The number of piperazine rings is 1. The number of nitrogens with zero attached hydrogens (tertiary/aromatic N) is 2. The Bertz CT molecular complexity index is 768. The Kier molecular flexibility index (Phi) is 6.93. The van der Waals surface area contributed by atoms with Gasteiger partial charge in [0.2, 0.25) is 0 Å². The van der Waals surface area contributed by atoms with E-state index in [2.05, 4.69) is 54.2 Å². The highest BCUT2D eigenvalue weighted by molar-refractivity contribution is 5.92. The Morgan fingerprint density at radius 1 is 1.07 bits per heavy atom. The Balaban J connectivity index is 1.53. The van der Waals surface area contributed by atoms with Gasteiger partial charge in [0, 0.05) is 37.6 Å². The number of benzene rings is 2. The molecule has 5 nitrogen and oxygen atoms in total. The van der Waals surface area contributed by atoms with Gasteiger partial charge in [-0.15, -0.1) is 0 Å². The zero-order chi connectivity index (χ0) is 19.9. The van der Waals surface area contributed by atoms with E-state index >= 15 is 0 Å². The van der Waals surface area contributed by atoms with Crippen molar-refractivity contribution >= 4 is 17.3 Å². The molecule has 1 heterocycles. The first-order valence-corrected chi connectivity index (χ1v) is 10.1. The molecule has 0 bridgehead atoms. The fourth-order valence-electron chi connectivity index (χ4n) is 3.40. The Labute approximate surface area is 168 Å². The van der Waals surface area contributed by atoms with Crippen molar-refractivity contribution in [3.8, 4) is 5.75 Å². The zero-order valence-electron chi connectivity index (χ0n) is 17.1. The second kappa shape index (κ2) is 9.60. The smallest absolute Gasteiger partial charge is 0.262 e. The van der Waals surface area contributed by atoms with Crippen LogP contribution in [0.15, 0.2) is 48.5 Å². The summed E-state index contributed by atoms with van der Waals surface area (Å²) in [5.74, 6) is 1.05. The van der Waals surface area contributed by atoms with Crippen molar-refractivity contribution in [3.63, 3.8) is 0 Å². The Hall–Kier alpha value is -2.53. The number of hydrogen-bond acceptors (Lipinski definition) is 4. The molecule has 1 unspecified atom stereocenters. The summed E-state index contributed by atoms with van der Waals surface area (Å²) in [5, 5.41) is 2.92. The third-order valence-corrected chi connectivity index (χ3v) is 5.44. The first kappa shape index (κ1) is 20.2. The van der Waals surface area contributed by atoms with E-state index < -0.39 is 0 Å². The van der Waals surface area contributed by atoms with Crippen molar-refractivity contribution in [3.05, 3.63) is 54.1 Å². The molecule has 1 atom stereocenters. The number of carbonyl (C=O) groups excluding carboxylic acids is 1. The number of nitrogens with one attached hydrogen (secondary N) is 1. The van der Waals surface area contributed by atoms with E-state index in [0.29, 0.717) is 5.92 Å². The summed E-state index contributed by atoms with van der Waals surface area (Å²) in [7, 11) is 2.15. The summed E-state index contributed by atoms with van der Waals surface area (Å²) in [4.78, 5) is 17.0. The molecule has 3 rings (SSSR count). The lowest BCUT2D eigenvalue weighted by molar-refractivity contribution is -0.118. The predicted molar refractivity (Wildman–Crippen MR) is 115 cm³/mol. The van der Waals surface area contributed by atoms with Gasteiger partial charge in [-0.25, -0.2) is 0 Å². The van der Waals surface area contributed by atoms with Crippen LogP contribution in [-0.2, 0) is 4.79 Å². The maximum Gasteiger partial charge on any atom is 0.262 e. The van der Waals surface area contributed by atoms with Gasteiger partial charge in [0.05, 0.1) is 0 Å². The van der Waals surface area contributed by atoms with E-state index in [4.69, 9.17) is 4.74 Å². The van der Waals surface area contributed by atoms with E-state index in [0.717, 1.165) is 49.6 Å². The van der Waals surface area contributed by atoms with Crippen LogP contribution in [0.25, 0.3) is 0 Å². The second-order valence-electron chi connectivity index (χ2n) is 7.52. The quantitative estimate of drug-likeness (QED) is 0.788. The van der Waals surface area contributed by atoms with Gasteiger partial charge in [0.1, 0.15) is 5.75 Å². The standard InChI is InChI=1S/C23H31N3O2/c1-4-18(2)21-7-5-6-8-22(21)28-17-23(27)24-19-9-11-20(12-10-19)26-15-13-25(3)14-16-26/h5-12,18H,4,13-17H2,1-3H3,(H,24,27). The van der Waals surface area contributed by atoms with Crippen LogP contribution < -0.4 is 15.0 Å². The van der Waals surface area contributed by atoms with Crippen molar-refractivity contribution < 1.29 is 9.53 Å². The third-order valence-electron chi connectivity index (χ3n) is 5.44. The maximum atomic E-state index is 12.3. The molecule has 0 radical (unpaired) electrons. The molecule has 0 spiro atoms. The summed E-state index contributed by atoms with van der Waals surface area (Å²) < 4.78 is 5.80. The summed E-state index contributed by atoms with van der Waals surface area (Å²) in [6, 6.07) is 16.0. The molecule has 28 heavy (non-hydrogen) atoms. The minimum Gasteiger partial charge on any atom is -0.483 e. The number of anilines is 2. The molecular weight excluding hydrogens is 350 g/mol. The highest BCUT2D eigenvalue weighted by atomic mass is 16.5. The van der Waals surface area contributed by atoms with Crippen molar-refractivity contribution in [1.29, 1.82) is 0 Å². The van der Waals surface area contributed by atoms with Crippen LogP contribution in [0.2, 0.25) is 0 Å². The predicted octanol–water partition coefficient (Wildman–Crippen LogP) is 3.97. The number of para-hydroxylation sites is 1. The van der Waals surface area contributed by atoms with E-state index in [9.17, 15) is 4.79 Å². The molecule has 150 valence electrons. The molecule has 1 saturated heterocycles. The lowest BCUT2D eigenvalue weighted by atomic mass is 9.98. The van der Waals surface area contributed by atoms with Crippen molar-refractivity contribution in [2.75, 3.05) is 50.1 Å². The van der Waals surface area contributed by atoms with Gasteiger partial charge in [0.15, 0.2) is 6.61 Å². The van der Waals surface area contributed by atoms with E-state index in [1.165, 1.54) is 5.69 Å². The minimum absolute atomic E-state index is 0.00760. The number of amides is 1. The summed E-state index contributed by atoms with van der Waals surface area (Å²) in [6.07, 6.45) is 1.03. The van der Waals surface area contributed by atoms with Crippen molar-refractivity contribution in [1.82, 2.24) is 4.90 Å². The van der Waals surface area contributed by atoms with E-state index in [1.807, 2.05) is 30.3 Å². The van der Waals surface area contributed by atoms with Crippen LogP contribution >= 0.6 is 0 Å². The van der Waals surface area contributed by atoms with Crippen molar-refractivity contribution in [2.24, 2.45) is 0 Å². The molecule has 0 saturated carbocycles. The van der Waals surface area contributed by atoms with Gasteiger partial charge in [-0.2, -0.15) is 0 Å². The Morgan fingerprint density at radius 3 is 2.43 bits per heavy atom. The average Bonchev–Trinajstić information content (AvgIpc) is 2.73. The first-order chi connectivity index (χ1) is 13.6. The highest BCUT2D eigenvalue weighted by Crippen LogP contribution is 2.28. The number of ether oxygens (including phenoxy) is 1. The lowest BCUT2D eigenvalue weighted by Gasteiger charge is -2.34. The number of likely N-dealkylation sites (N-methyl/N-ethyl adjacent to an activating group) is 1. The van der Waals surface area contributed by atoms with Gasteiger partial charge < -0.3 is 19.9 Å². The summed E-state index contributed by atoms with van der Waals surface area (Å²) in [5.41, 5.74) is 3.14. The van der Waals surface area contributed by atoms with Gasteiger partial charge in [-0.1, -0.05) is 32.0 Å². The van der Waals surface area contributed by atoms with Crippen LogP contribution in [-0.4, -0.2) is 50.6 Å². The maximum absolute atomic E-state index is 12.3. The largest absolute Gasteiger partial charge is 0.483 e. The molecule has 1 fully saturated rings. The molecule has 0 aliphatic carbocycles. The van der Waals surface area contributed by atoms with Crippen LogP contribution in [0, 0.1) is 0 Å². The first-order valence-electron chi connectivity index (χ1n) is 10.1. The fourth-order valence-corrected chi connectivity index (χ4v) is 3.40. The van der Waals surface area contributed by atoms with E-state index in [-0.39, 0.29) is 12.5 Å². The van der Waals surface area contributed by atoms with Crippen LogP contribution in [0.4, 0.5) is 11.4 Å². The summed E-state index contributed by atoms with van der Waals surface area (Å²) >= 11 is 0. The van der Waals surface area contributed by atoms with Crippen LogP contribution in [0.3, 0.4) is 0 Å². The monoisotopic (exact) mass is 381 g/mol. The van der Waals surface area contributed by atoms with Gasteiger partial charge in [-0.3, -0.25) is 4.79 Å². The molecule has 1 N–H and O–H groups in total. The molecule has 1 aliphatic heterocycles. The average molecular weight is 382 g/mol. The highest BCUT2D eigenvalue weighted by Gasteiger charge is 2.14. The fraction of sp³-hybridized carbons (Fsp3) is 0.435. The Morgan fingerprint density at radius 2 is 1.75 bits per heavy atom. The zero-order valence-corrected chi connectivity index (χ0v) is 17.1.